The van der Waals surface area contributed by atoms with E-state index in [-0.39, 0.29) is 0 Å². The van der Waals surface area contributed by atoms with Gasteiger partial charge in [-0.1, -0.05) is 12.8 Å². The van der Waals surface area contributed by atoms with Crippen LogP contribution in [0.4, 0.5) is 0 Å². The lowest BCUT2D eigenvalue weighted by atomic mass is 10.2. The molecule has 2 rings (SSSR count). The third kappa shape index (κ3) is 2.46. The molecule has 1 aliphatic heterocycles. The highest BCUT2D eigenvalue weighted by Crippen LogP contribution is 2.25. The van der Waals surface area contributed by atoms with E-state index in [1.54, 1.807) is 0 Å². The van der Waals surface area contributed by atoms with Gasteiger partial charge in [-0.3, -0.25) is 0 Å². The highest BCUT2D eigenvalue weighted by molar-refractivity contribution is 4.80. The fraction of sp³-hybridized carbons (Fsp3) is 1.00. The second-order valence-electron chi connectivity index (χ2n) is 3.68. The molecule has 2 heteroatoms. The van der Waals surface area contributed by atoms with Gasteiger partial charge in [-0.2, -0.15) is 0 Å². The van der Waals surface area contributed by atoms with Crippen molar-refractivity contribution in [1.29, 1.82) is 0 Å². The molecule has 72 valence electrons. The Labute approximate surface area is 76.1 Å². The van der Waals surface area contributed by atoms with Gasteiger partial charge in [0.2, 0.25) is 0 Å². The summed E-state index contributed by atoms with van der Waals surface area (Å²) < 4.78 is 0. The van der Waals surface area contributed by atoms with Crippen LogP contribution < -0.4 is 5.73 Å². The van der Waals surface area contributed by atoms with Crippen LogP contribution >= 0.6 is 0 Å². The topological polar surface area (TPSA) is 29.3 Å². The predicted octanol–water partition coefficient (Wildman–Crippen LogP) is 1.60. The van der Waals surface area contributed by atoms with Gasteiger partial charge in [0.1, 0.15) is 0 Å². The van der Waals surface area contributed by atoms with Crippen LogP contribution in [-0.4, -0.2) is 31.1 Å². The molecule has 0 bridgehead atoms. The molecule has 0 atom stereocenters. The van der Waals surface area contributed by atoms with Crippen LogP contribution in [0, 0.1) is 0 Å². The normalized spacial score (nSPS) is 25.5. The van der Waals surface area contributed by atoms with Gasteiger partial charge in [-0.15, -0.1) is 0 Å². The molecule has 2 nitrogen and oxygen atoms in total. The Morgan fingerprint density at radius 3 is 1.92 bits per heavy atom. The number of hydrogen-bond donors (Lipinski definition) is 1. The summed E-state index contributed by atoms with van der Waals surface area (Å²) in [7, 11) is 1.50. The summed E-state index contributed by atoms with van der Waals surface area (Å²) in [6, 6.07) is 0.988. The molecule has 2 aliphatic rings. The van der Waals surface area contributed by atoms with Crippen molar-refractivity contribution in [2.75, 3.05) is 20.1 Å². The maximum absolute atomic E-state index is 4.50. The zero-order chi connectivity index (χ0) is 8.81. The maximum Gasteiger partial charge on any atom is 0.00952 e. The minimum Gasteiger partial charge on any atom is -0.333 e. The Bertz CT molecular complexity index is 88.4. The number of nitrogens with two attached hydrogens (primary N) is 1. The maximum atomic E-state index is 4.50. The molecule has 0 aromatic rings. The van der Waals surface area contributed by atoms with Crippen LogP contribution in [0.3, 0.4) is 0 Å². The lowest BCUT2D eigenvalue weighted by molar-refractivity contribution is 0.246. The molecule has 0 spiro atoms. The van der Waals surface area contributed by atoms with E-state index in [4.69, 9.17) is 0 Å². The number of hydrogen-bond acceptors (Lipinski definition) is 2. The summed E-state index contributed by atoms with van der Waals surface area (Å²) in [4.78, 5) is 2.70. The van der Waals surface area contributed by atoms with Crippen LogP contribution in [0.5, 0.6) is 0 Å². The average molecular weight is 170 g/mol. The van der Waals surface area contributed by atoms with Gasteiger partial charge in [0.15, 0.2) is 0 Å². The molecule has 12 heavy (non-hydrogen) atoms. The summed E-state index contributed by atoms with van der Waals surface area (Å²) in [6.07, 6.45) is 8.86. The Kier molecular flexibility index (Phi) is 4.62. The Morgan fingerprint density at radius 2 is 1.42 bits per heavy atom. The van der Waals surface area contributed by atoms with Crippen LogP contribution in [0.2, 0.25) is 0 Å². The fourth-order valence-corrected chi connectivity index (χ4v) is 2.38. The van der Waals surface area contributed by atoms with Crippen molar-refractivity contribution in [3.05, 3.63) is 0 Å². The summed E-state index contributed by atoms with van der Waals surface area (Å²) in [5, 5.41) is 0. The third-order valence-electron chi connectivity index (χ3n) is 2.98. The van der Waals surface area contributed by atoms with Crippen molar-refractivity contribution in [2.45, 2.75) is 44.6 Å². The molecule has 1 heterocycles. The second-order valence-corrected chi connectivity index (χ2v) is 3.68. The number of nitrogens with zero attached hydrogens (tertiary/aromatic N) is 1. The minimum atomic E-state index is 0.988. The fourth-order valence-electron chi connectivity index (χ4n) is 2.38. The van der Waals surface area contributed by atoms with E-state index in [1.807, 2.05) is 0 Å². The summed E-state index contributed by atoms with van der Waals surface area (Å²) >= 11 is 0. The van der Waals surface area contributed by atoms with Crippen molar-refractivity contribution in [3.8, 4) is 0 Å². The van der Waals surface area contributed by atoms with Gasteiger partial charge in [0.25, 0.3) is 0 Å². The molecular formula is C10H22N2. The zero-order valence-corrected chi connectivity index (χ0v) is 8.26. The summed E-state index contributed by atoms with van der Waals surface area (Å²) in [6.45, 7) is 2.79. The first-order chi connectivity index (χ1) is 5.97. The standard InChI is InChI=1S/C9H17N.CH5N/c1-2-6-9(5-1)10-7-3-4-8-10;1-2/h9H,1-8H2;2H2,1H3. The molecular weight excluding hydrogens is 148 g/mol. The highest BCUT2D eigenvalue weighted by Gasteiger charge is 2.24. The monoisotopic (exact) mass is 170 g/mol. The Morgan fingerprint density at radius 1 is 0.917 bits per heavy atom. The first-order valence-electron chi connectivity index (χ1n) is 5.28. The highest BCUT2D eigenvalue weighted by atomic mass is 15.2. The van der Waals surface area contributed by atoms with E-state index in [0.29, 0.717) is 0 Å². The van der Waals surface area contributed by atoms with Crippen LogP contribution in [0.1, 0.15) is 38.5 Å². The van der Waals surface area contributed by atoms with Gasteiger partial charge in [-0.25, -0.2) is 0 Å². The third-order valence-corrected chi connectivity index (χ3v) is 2.98. The van der Waals surface area contributed by atoms with Crippen molar-refractivity contribution in [3.63, 3.8) is 0 Å². The van der Waals surface area contributed by atoms with E-state index < -0.39 is 0 Å². The van der Waals surface area contributed by atoms with Crippen molar-refractivity contribution >= 4 is 0 Å². The van der Waals surface area contributed by atoms with E-state index >= 15 is 0 Å². The predicted molar refractivity (Wildman–Crippen MR) is 53.2 cm³/mol. The van der Waals surface area contributed by atoms with Gasteiger partial charge >= 0.3 is 0 Å². The minimum absolute atomic E-state index is 0.988. The number of likely N-dealkylation sites (tertiary alicyclic amines) is 1. The van der Waals surface area contributed by atoms with E-state index in [0.717, 1.165) is 6.04 Å². The van der Waals surface area contributed by atoms with Gasteiger partial charge in [0, 0.05) is 6.04 Å². The molecule has 0 radical (unpaired) electrons. The molecule has 0 unspecified atom stereocenters. The molecule has 2 fully saturated rings. The number of rotatable bonds is 1. The smallest absolute Gasteiger partial charge is 0.00952 e. The molecule has 0 aromatic heterocycles. The molecule has 1 saturated carbocycles. The second kappa shape index (κ2) is 5.55. The van der Waals surface area contributed by atoms with Crippen LogP contribution in [0.15, 0.2) is 0 Å². The van der Waals surface area contributed by atoms with Gasteiger partial charge in [0.05, 0.1) is 0 Å². The van der Waals surface area contributed by atoms with Gasteiger partial charge < -0.3 is 10.6 Å². The first kappa shape index (κ1) is 10.0. The summed E-state index contributed by atoms with van der Waals surface area (Å²) in [5.41, 5.74) is 4.50. The molecule has 1 saturated heterocycles. The Balaban J connectivity index is 0.000000336. The van der Waals surface area contributed by atoms with E-state index in [2.05, 4.69) is 10.6 Å². The first-order valence-corrected chi connectivity index (χ1v) is 5.28. The largest absolute Gasteiger partial charge is 0.333 e. The molecule has 1 aliphatic carbocycles. The van der Waals surface area contributed by atoms with Crippen LogP contribution in [0.25, 0.3) is 0 Å². The quantitative estimate of drug-likeness (QED) is 0.647. The molecule has 0 aromatic carbocycles. The van der Waals surface area contributed by atoms with Crippen molar-refractivity contribution in [1.82, 2.24) is 4.90 Å². The summed E-state index contributed by atoms with van der Waals surface area (Å²) in [5.74, 6) is 0. The zero-order valence-electron chi connectivity index (χ0n) is 8.26. The SMILES string of the molecule is C1CCC(N2CCCC2)C1.CN. The average Bonchev–Trinajstić information content (AvgIpc) is 2.80. The van der Waals surface area contributed by atoms with Crippen molar-refractivity contribution in [2.24, 2.45) is 5.73 Å². The van der Waals surface area contributed by atoms with Gasteiger partial charge in [-0.05, 0) is 45.8 Å². The van der Waals surface area contributed by atoms with Crippen molar-refractivity contribution < 1.29 is 0 Å². The molecule has 2 N–H and O–H groups in total. The Hall–Kier alpha value is -0.0800. The van der Waals surface area contributed by atoms with E-state index in [1.165, 1.54) is 58.7 Å². The lowest BCUT2D eigenvalue weighted by Gasteiger charge is -2.22. The van der Waals surface area contributed by atoms with Crippen LogP contribution in [-0.2, 0) is 0 Å². The van der Waals surface area contributed by atoms with E-state index in [9.17, 15) is 0 Å². The molecule has 0 amide bonds. The lowest BCUT2D eigenvalue weighted by Crippen LogP contribution is -2.29.